The maximum Gasteiger partial charge on any atom is 0.257 e. The van der Waals surface area contributed by atoms with Crippen molar-refractivity contribution in [2.24, 2.45) is 0 Å². The van der Waals surface area contributed by atoms with Gasteiger partial charge in [0.2, 0.25) is 0 Å². The highest BCUT2D eigenvalue weighted by molar-refractivity contribution is 5.97. The van der Waals surface area contributed by atoms with Crippen LogP contribution in [0.3, 0.4) is 0 Å². The molecule has 1 amide bonds. The minimum absolute atomic E-state index is 0.0350. The predicted molar refractivity (Wildman–Crippen MR) is 71.0 cm³/mol. The van der Waals surface area contributed by atoms with Gasteiger partial charge in [0.15, 0.2) is 0 Å². The van der Waals surface area contributed by atoms with Crippen molar-refractivity contribution in [3.63, 3.8) is 0 Å². The van der Waals surface area contributed by atoms with Crippen molar-refractivity contribution in [3.8, 4) is 5.75 Å². The number of benzene rings is 1. The molecule has 1 aliphatic rings. The Morgan fingerprint density at radius 2 is 2.28 bits per heavy atom. The summed E-state index contributed by atoms with van der Waals surface area (Å²) in [5, 5.41) is 3.27. The molecule has 1 aliphatic heterocycles. The van der Waals surface area contributed by atoms with Crippen molar-refractivity contribution in [3.05, 3.63) is 29.8 Å². The fourth-order valence-corrected chi connectivity index (χ4v) is 2.25. The Labute approximate surface area is 108 Å². The van der Waals surface area contributed by atoms with Crippen molar-refractivity contribution in [1.82, 2.24) is 10.2 Å². The Hall–Kier alpha value is -1.55. The van der Waals surface area contributed by atoms with Crippen molar-refractivity contribution < 1.29 is 9.53 Å². The summed E-state index contributed by atoms with van der Waals surface area (Å²) in [6, 6.07) is 7.71. The van der Waals surface area contributed by atoms with Crippen LogP contribution in [0.2, 0.25) is 0 Å². The molecule has 1 atom stereocenters. The molecule has 1 aromatic rings. The lowest BCUT2D eigenvalue weighted by molar-refractivity contribution is 0.0739. The Kier molecular flexibility index (Phi) is 4.20. The van der Waals surface area contributed by atoms with Crippen LogP contribution in [-0.4, -0.2) is 43.6 Å². The topological polar surface area (TPSA) is 41.6 Å². The second-order valence-corrected chi connectivity index (χ2v) is 4.49. The fourth-order valence-electron chi connectivity index (χ4n) is 2.25. The molecule has 0 radical (unpaired) electrons. The molecule has 0 aliphatic carbocycles. The first-order valence-electron chi connectivity index (χ1n) is 6.43. The minimum Gasteiger partial charge on any atom is -0.493 e. The molecule has 0 saturated carbocycles. The van der Waals surface area contributed by atoms with Crippen LogP contribution >= 0.6 is 0 Å². The summed E-state index contributed by atoms with van der Waals surface area (Å²) in [7, 11) is 1.86. The number of carbonyl (C=O) groups excluding carboxylic acids is 1. The number of likely N-dealkylation sites (N-methyl/N-ethyl adjacent to an activating group) is 1. The second-order valence-electron chi connectivity index (χ2n) is 4.49. The average Bonchev–Trinajstić information content (AvgIpc) is 2.92. The standard InChI is InChI=1S/C14H20N2O2/c1-3-18-13-7-5-4-6-12(13)14(17)16(2)11-8-9-15-10-11/h4-7,11,15H,3,8-10H2,1-2H3. The predicted octanol–water partition coefficient (Wildman–Crippen LogP) is 1.52. The average molecular weight is 248 g/mol. The summed E-state index contributed by atoms with van der Waals surface area (Å²) in [5.41, 5.74) is 0.647. The van der Waals surface area contributed by atoms with E-state index in [2.05, 4.69) is 5.32 Å². The largest absolute Gasteiger partial charge is 0.493 e. The van der Waals surface area contributed by atoms with E-state index in [1.165, 1.54) is 0 Å². The molecule has 98 valence electrons. The van der Waals surface area contributed by atoms with Gasteiger partial charge in [-0.3, -0.25) is 4.79 Å². The monoisotopic (exact) mass is 248 g/mol. The van der Waals surface area contributed by atoms with Crippen molar-refractivity contribution in [2.45, 2.75) is 19.4 Å². The Balaban J connectivity index is 2.16. The Bertz CT molecular complexity index is 414. The van der Waals surface area contributed by atoms with Crippen molar-refractivity contribution in [1.29, 1.82) is 0 Å². The SMILES string of the molecule is CCOc1ccccc1C(=O)N(C)C1CCNC1. The number of hydrogen-bond donors (Lipinski definition) is 1. The van der Waals surface area contributed by atoms with Gasteiger partial charge in [-0.15, -0.1) is 0 Å². The molecule has 1 N–H and O–H groups in total. The number of nitrogens with one attached hydrogen (secondary N) is 1. The van der Waals surface area contributed by atoms with Crippen LogP contribution in [0.15, 0.2) is 24.3 Å². The quantitative estimate of drug-likeness (QED) is 0.878. The lowest BCUT2D eigenvalue weighted by atomic mass is 10.1. The molecule has 1 heterocycles. The molecule has 1 aromatic carbocycles. The molecule has 4 nitrogen and oxygen atoms in total. The van der Waals surface area contributed by atoms with Gasteiger partial charge in [-0.1, -0.05) is 12.1 Å². The maximum atomic E-state index is 12.4. The first-order valence-corrected chi connectivity index (χ1v) is 6.43. The van der Waals surface area contributed by atoms with E-state index >= 15 is 0 Å². The summed E-state index contributed by atoms with van der Waals surface area (Å²) in [4.78, 5) is 14.3. The number of amides is 1. The number of nitrogens with zero attached hydrogens (tertiary/aromatic N) is 1. The first kappa shape index (κ1) is 12.9. The van der Waals surface area contributed by atoms with E-state index < -0.39 is 0 Å². The molecule has 4 heteroatoms. The summed E-state index contributed by atoms with van der Waals surface area (Å²) in [5.74, 6) is 0.704. The van der Waals surface area contributed by atoms with E-state index in [1.807, 2.05) is 43.1 Å². The van der Waals surface area contributed by atoms with Crippen LogP contribution in [0.1, 0.15) is 23.7 Å². The highest BCUT2D eigenvalue weighted by Gasteiger charge is 2.25. The number of rotatable bonds is 4. The lowest BCUT2D eigenvalue weighted by Gasteiger charge is -2.24. The van der Waals surface area contributed by atoms with Gasteiger partial charge in [0.1, 0.15) is 5.75 Å². The van der Waals surface area contributed by atoms with E-state index in [0.717, 1.165) is 19.5 Å². The Morgan fingerprint density at radius 3 is 2.94 bits per heavy atom. The summed E-state index contributed by atoms with van der Waals surface area (Å²) in [6.07, 6.45) is 1.01. The molecule has 1 fully saturated rings. The highest BCUT2D eigenvalue weighted by Crippen LogP contribution is 2.21. The first-order chi connectivity index (χ1) is 8.74. The zero-order valence-corrected chi connectivity index (χ0v) is 11.0. The van der Waals surface area contributed by atoms with Crippen LogP contribution in [0.25, 0.3) is 0 Å². The van der Waals surface area contributed by atoms with Gasteiger partial charge in [0, 0.05) is 19.6 Å². The second kappa shape index (κ2) is 5.87. The van der Waals surface area contributed by atoms with Gasteiger partial charge in [0.25, 0.3) is 5.91 Å². The van der Waals surface area contributed by atoms with Gasteiger partial charge >= 0.3 is 0 Å². The summed E-state index contributed by atoms with van der Waals surface area (Å²) < 4.78 is 5.51. The number of ether oxygens (including phenoxy) is 1. The minimum atomic E-state index is 0.0350. The van der Waals surface area contributed by atoms with Gasteiger partial charge < -0.3 is 15.0 Å². The van der Waals surface area contributed by atoms with E-state index in [-0.39, 0.29) is 11.9 Å². The number of hydrogen-bond acceptors (Lipinski definition) is 3. The summed E-state index contributed by atoms with van der Waals surface area (Å²) >= 11 is 0. The zero-order chi connectivity index (χ0) is 13.0. The van der Waals surface area contributed by atoms with Gasteiger partial charge in [-0.05, 0) is 32.0 Å². The van der Waals surface area contributed by atoms with Crippen LogP contribution in [0.4, 0.5) is 0 Å². The maximum absolute atomic E-state index is 12.4. The normalized spacial score (nSPS) is 18.7. The van der Waals surface area contributed by atoms with Crippen LogP contribution in [0.5, 0.6) is 5.75 Å². The third-order valence-electron chi connectivity index (χ3n) is 3.32. The third-order valence-corrected chi connectivity index (χ3v) is 3.32. The zero-order valence-electron chi connectivity index (χ0n) is 11.0. The van der Waals surface area contributed by atoms with Crippen molar-refractivity contribution >= 4 is 5.91 Å². The van der Waals surface area contributed by atoms with E-state index in [1.54, 1.807) is 0 Å². The molecule has 0 aromatic heterocycles. The highest BCUT2D eigenvalue weighted by atomic mass is 16.5. The smallest absolute Gasteiger partial charge is 0.257 e. The molecule has 2 rings (SSSR count). The Morgan fingerprint density at radius 1 is 1.50 bits per heavy atom. The van der Waals surface area contributed by atoms with E-state index in [9.17, 15) is 4.79 Å². The molecule has 1 unspecified atom stereocenters. The third kappa shape index (κ3) is 2.64. The van der Waals surface area contributed by atoms with E-state index in [4.69, 9.17) is 4.74 Å². The van der Waals surface area contributed by atoms with Crippen LogP contribution < -0.4 is 10.1 Å². The van der Waals surface area contributed by atoms with E-state index in [0.29, 0.717) is 17.9 Å². The van der Waals surface area contributed by atoms with Crippen LogP contribution in [0, 0.1) is 0 Å². The summed E-state index contributed by atoms with van der Waals surface area (Å²) in [6.45, 7) is 4.35. The lowest BCUT2D eigenvalue weighted by Crippen LogP contribution is -2.38. The molecule has 0 bridgehead atoms. The molecule has 18 heavy (non-hydrogen) atoms. The molecule has 0 spiro atoms. The molecule has 1 saturated heterocycles. The van der Waals surface area contributed by atoms with Crippen LogP contribution in [-0.2, 0) is 0 Å². The van der Waals surface area contributed by atoms with Gasteiger partial charge in [0.05, 0.1) is 12.2 Å². The van der Waals surface area contributed by atoms with Gasteiger partial charge in [-0.25, -0.2) is 0 Å². The number of para-hydroxylation sites is 1. The van der Waals surface area contributed by atoms with Crippen molar-refractivity contribution in [2.75, 3.05) is 26.7 Å². The fraction of sp³-hybridized carbons (Fsp3) is 0.500. The molecular formula is C14H20N2O2. The number of carbonyl (C=O) groups is 1. The van der Waals surface area contributed by atoms with Gasteiger partial charge in [-0.2, -0.15) is 0 Å². The molecular weight excluding hydrogens is 228 g/mol.